The number of carbonyl (C=O) groups is 1. The van der Waals surface area contributed by atoms with Crippen molar-refractivity contribution in [3.05, 3.63) is 51.9 Å². The van der Waals surface area contributed by atoms with Crippen LogP contribution in [-0.4, -0.2) is 35.0 Å². The van der Waals surface area contributed by atoms with Gasteiger partial charge < -0.3 is 19.5 Å². The molecule has 1 fully saturated rings. The lowest BCUT2D eigenvalue weighted by Crippen LogP contribution is -2.30. The summed E-state index contributed by atoms with van der Waals surface area (Å²) in [7, 11) is 0. The quantitative estimate of drug-likeness (QED) is 0.492. The molecule has 33 heavy (non-hydrogen) atoms. The first-order chi connectivity index (χ1) is 16.0. The molecule has 0 unspecified atom stereocenters. The molecule has 1 N–H and O–H groups in total. The van der Waals surface area contributed by atoms with Gasteiger partial charge in [0, 0.05) is 43.2 Å². The van der Waals surface area contributed by atoms with Crippen molar-refractivity contribution >= 4 is 45.5 Å². The maximum Gasteiger partial charge on any atom is 0.293 e. The zero-order valence-corrected chi connectivity index (χ0v) is 19.8. The van der Waals surface area contributed by atoms with Crippen LogP contribution < -0.4 is 20.5 Å². The minimum atomic E-state index is -0.238. The fraction of sp³-hybridized carbons (Fsp3) is 0.400. The third-order valence-electron chi connectivity index (χ3n) is 5.96. The summed E-state index contributed by atoms with van der Waals surface area (Å²) in [6.45, 7) is 6.08. The number of benzene rings is 1. The van der Waals surface area contributed by atoms with E-state index in [1.807, 2.05) is 31.2 Å². The average molecular weight is 469 g/mol. The number of aromatic nitrogens is 2. The van der Waals surface area contributed by atoms with E-state index in [1.54, 1.807) is 23.8 Å². The third kappa shape index (κ3) is 5.14. The lowest BCUT2D eigenvalue weighted by Gasteiger charge is -2.28. The van der Waals surface area contributed by atoms with E-state index >= 15 is 0 Å². The predicted molar refractivity (Wildman–Crippen MR) is 133 cm³/mol. The lowest BCUT2D eigenvalue weighted by atomic mass is 10.1. The molecule has 0 aliphatic carbocycles. The van der Waals surface area contributed by atoms with Crippen LogP contribution in [0.25, 0.3) is 10.9 Å². The number of ether oxygens (including phenoxy) is 1. The normalized spacial score (nSPS) is 13.8. The van der Waals surface area contributed by atoms with Gasteiger partial charge in [-0.3, -0.25) is 9.59 Å². The third-order valence-corrected chi connectivity index (χ3v) is 6.26. The van der Waals surface area contributed by atoms with Gasteiger partial charge in [0.1, 0.15) is 12.4 Å². The summed E-state index contributed by atoms with van der Waals surface area (Å²) in [5.74, 6) is 1.04. The van der Waals surface area contributed by atoms with Gasteiger partial charge in [0.15, 0.2) is 11.5 Å². The molecular weight excluding hydrogens is 440 g/mol. The number of hydrogen-bond acceptors (Lipinski definition) is 6. The van der Waals surface area contributed by atoms with E-state index in [0.29, 0.717) is 18.0 Å². The van der Waals surface area contributed by atoms with Crippen LogP contribution in [0.1, 0.15) is 39.5 Å². The molecule has 0 radical (unpaired) electrons. The summed E-state index contributed by atoms with van der Waals surface area (Å²) in [5.41, 5.74) is 2.17. The Balaban J connectivity index is 1.65. The first kappa shape index (κ1) is 23.1. The largest absolute Gasteiger partial charge is 0.480 e. The number of aryl methyl sites for hydroxylation is 1. The Morgan fingerprint density at radius 2 is 1.94 bits per heavy atom. The number of ketones is 1. The number of anilines is 3. The molecule has 1 saturated heterocycles. The molecule has 1 aromatic carbocycles. The van der Waals surface area contributed by atoms with E-state index in [0.717, 1.165) is 41.2 Å². The highest BCUT2D eigenvalue weighted by Gasteiger charge is 2.15. The number of hydrogen-bond donors (Lipinski definition) is 1. The SMILES string of the molecule is CCC(=O)COc1cc2cc(Nc3cc(N4CCCCC4)ncc3Cl)ccc2n(CC)c1=O. The zero-order valence-electron chi connectivity index (χ0n) is 19.1. The highest BCUT2D eigenvalue weighted by atomic mass is 35.5. The van der Waals surface area contributed by atoms with Gasteiger partial charge in [-0.1, -0.05) is 18.5 Å². The Bertz CT molecular complexity index is 1220. The van der Waals surface area contributed by atoms with Crippen LogP contribution in [0.3, 0.4) is 0 Å². The second-order valence-corrected chi connectivity index (χ2v) is 8.61. The summed E-state index contributed by atoms with van der Waals surface area (Å²) in [4.78, 5) is 31.3. The highest BCUT2D eigenvalue weighted by Crippen LogP contribution is 2.31. The molecule has 0 saturated carbocycles. The smallest absolute Gasteiger partial charge is 0.293 e. The van der Waals surface area contributed by atoms with Gasteiger partial charge in [-0.05, 0) is 50.5 Å². The molecule has 3 aromatic rings. The van der Waals surface area contributed by atoms with Crippen molar-refractivity contribution in [1.82, 2.24) is 9.55 Å². The molecule has 1 aliphatic heterocycles. The Morgan fingerprint density at radius 1 is 1.15 bits per heavy atom. The minimum absolute atomic E-state index is 0.0511. The van der Waals surface area contributed by atoms with Crippen LogP contribution in [0.15, 0.2) is 41.3 Å². The molecule has 7 nitrogen and oxygen atoms in total. The molecule has 8 heteroatoms. The Hall–Kier alpha value is -3.06. The van der Waals surface area contributed by atoms with Gasteiger partial charge >= 0.3 is 0 Å². The molecule has 0 atom stereocenters. The maximum absolute atomic E-state index is 12.8. The lowest BCUT2D eigenvalue weighted by molar-refractivity contribution is -0.120. The zero-order chi connectivity index (χ0) is 23.4. The van der Waals surface area contributed by atoms with Crippen molar-refractivity contribution in [2.75, 3.05) is 29.9 Å². The first-order valence-corrected chi connectivity index (χ1v) is 11.9. The van der Waals surface area contributed by atoms with E-state index < -0.39 is 0 Å². The van der Waals surface area contributed by atoms with Crippen molar-refractivity contribution in [2.24, 2.45) is 0 Å². The predicted octanol–water partition coefficient (Wildman–Crippen LogP) is 5.16. The van der Waals surface area contributed by atoms with E-state index in [1.165, 1.54) is 19.3 Å². The van der Waals surface area contributed by atoms with Crippen LogP contribution in [0.2, 0.25) is 5.02 Å². The minimum Gasteiger partial charge on any atom is -0.480 e. The van der Waals surface area contributed by atoms with Crippen LogP contribution in [0, 0.1) is 0 Å². The topological polar surface area (TPSA) is 76.5 Å². The Labute approximate surface area is 198 Å². The van der Waals surface area contributed by atoms with Gasteiger partial charge in [0.25, 0.3) is 5.56 Å². The van der Waals surface area contributed by atoms with E-state index in [9.17, 15) is 9.59 Å². The number of halogens is 1. The molecular formula is C25H29ClN4O3. The van der Waals surface area contributed by atoms with Crippen LogP contribution in [0.4, 0.5) is 17.2 Å². The van der Waals surface area contributed by atoms with Gasteiger partial charge in [0.2, 0.25) is 0 Å². The molecule has 0 bridgehead atoms. The van der Waals surface area contributed by atoms with Crippen molar-refractivity contribution in [2.45, 2.75) is 46.1 Å². The molecule has 3 heterocycles. The van der Waals surface area contributed by atoms with E-state index in [4.69, 9.17) is 16.3 Å². The van der Waals surface area contributed by atoms with Crippen LogP contribution >= 0.6 is 11.6 Å². The second kappa shape index (κ2) is 10.3. The number of rotatable bonds is 8. The van der Waals surface area contributed by atoms with Gasteiger partial charge in [-0.2, -0.15) is 0 Å². The van der Waals surface area contributed by atoms with Gasteiger partial charge in [-0.15, -0.1) is 0 Å². The van der Waals surface area contributed by atoms with Crippen LogP contribution in [-0.2, 0) is 11.3 Å². The van der Waals surface area contributed by atoms with Crippen molar-refractivity contribution < 1.29 is 9.53 Å². The summed E-state index contributed by atoms with van der Waals surface area (Å²) < 4.78 is 7.21. The number of nitrogens with zero attached hydrogens (tertiary/aromatic N) is 3. The number of fused-ring (bicyclic) bond motifs is 1. The maximum atomic E-state index is 12.8. The molecule has 0 amide bonds. The van der Waals surface area contributed by atoms with Crippen molar-refractivity contribution in [3.63, 3.8) is 0 Å². The summed E-state index contributed by atoms with van der Waals surface area (Å²) >= 11 is 6.44. The van der Waals surface area contributed by atoms with Gasteiger partial charge in [0.05, 0.1) is 22.4 Å². The standard InChI is InChI=1S/C25H29ClN4O3/c1-3-19(31)16-33-23-13-17-12-18(8-9-22(17)30(4-2)25(23)32)28-21-14-24(27-15-20(21)26)29-10-6-5-7-11-29/h8-9,12-15H,3-7,10-11,16H2,1-2H3,(H,27,28). The summed E-state index contributed by atoms with van der Waals surface area (Å²) in [6.07, 6.45) is 5.65. The summed E-state index contributed by atoms with van der Waals surface area (Å²) in [6, 6.07) is 9.46. The summed E-state index contributed by atoms with van der Waals surface area (Å²) in [5, 5.41) is 4.77. The number of carbonyl (C=O) groups excluding carboxylic acids is 1. The first-order valence-electron chi connectivity index (χ1n) is 11.5. The number of pyridine rings is 2. The highest BCUT2D eigenvalue weighted by molar-refractivity contribution is 6.33. The van der Waals surface area contributed by atoms with Crippen molar-refractivity contribution in [1.29, 1.82) is 0 Å². The number of piperidine rings is 1. The fourth-order valence-corrected chi connectivity index (χ4v) is 4.24. The second-order valence-electron chi connectivity index (χ2n) is 8.21. The molecule has 0 spiro atoms. The van der Waals surface area contributed by atoms with E-state index in [2.05, 4.69) is 15.2 Å². The monoisotopic (exact) mass is 468 g/mol. The fourth-order valence-electron chi connectivity index (χ4n) is 4.09. The van der Waals surface area contributed by atoms with Gasteiger partial charge in [-0.25, -0.2) is 4.98 Å². The Kier molecular flexibility index (Phi) is 7.18. The molecule has 2 aromatic heterocycles. The van der Waals surface area contributed by atoms with Crippen LogP contribution in [0.5, 0.6) is 5.75 Å². The number of Topliss-reactive ketones (excluding diaryl/α,β-unsaturated/α-hetero) is 1. The molecule has 1 aliphatic rings. The molecule has 174 valence electrons. The van der Waals surface area contributed by atoms with Crippen molar-refractivity contribution in [3.8, 4) is 5.75 Å². The van der Waals surface area contributed by atoms with E-state index in [-0.39, 0.29) is 23.7 Å². The molecule has 4 rings (SSSR count). The number of nitrogens with one attached hydrogen (secondary N) is 1. The Morgan fingerprint density at radius 3 is 2.67 bits per heavy atom. The average Bonchev–Trinajstić information content (AvgIpc) is 2.84.